The van der Waals surface area contributed by atoms with Crippen molar-refractivity contribution >= 4 is 5.91 Å². The van der Waals surface area contributed by atoms with E-state index in [1.54, 1.807) is 6.20 Å². The van der Waals surface area contributed by atoms with Crippen molar-refractivity contribution in [1.82, 2.24) is 9.88 Å². The number of likely N-dealkylation sites (tertiary alicyclic amines) is 1. The molecule has 1 saturated heterocycles. The van der Waals surface area contributed by atoms with Crippen LogP contribution in [0, 0.1) is 5.92 Å². The minimum atomic E-state index is 0.192. The van der Waals surface area contributed by atoms with Crippen LogP contribution in [0.1, 0.15) is 31.4 Å². The van der Waals surface area contributed by atoms with Crippen LogP contribution in [0.5, 0.6) is 0 Å². The maximum Gasteiger partial charge on any atom is 0.222 e. The van der Waals surface area contributed by atoms with Gasteiger partial charge in [-0.25, -0.2) is 0 Å². The summed E-state index contributed by atoms with van der Waals surface area (Å²) in [5.41, 5.74) is 1.04. The van der Waals surface area contributed by atoms with Gasteiger partial charge in [-0.3, -0.25) is 9.78 Å². The maximum atomic E-state index is 12.1. The molecule has 1 N–H and O–H groups in total. The fraction of sp³-hybridized carbons (Fsp3) is 0.600. The molecule has 1 fully saturated rings. The first-order valence-electron chi connectivity index (χ1n) is 7.08. The average molecular weight is 262 g/mol. The summed E-state index contributed by atoms with van der Waals surface area (Å²) in [5.74, 6) is 0.488. The van der Waals surface area contributed by atoms with E-state index in [0.717, 1.165) is 44.5 Å². The number of carbonyl (C=O) groups is 1. The quantitative estimate of drug-likeness (QED) is 0.877. The molecule has 4 nitrogen and oxygen atoms in total. The zero-order valence-corrected chi connectivity index (χ0v) is 11.3. The average Bonchev–Trinajstić information content (AvgIpc) is 2.48. The number of piperidine rings is 1. The van der Waals surface area contributed by atoms with Gasteiger partial charge in [-0.1, -0.05) is 6.07 Å². The van der Waals surface area contributed by atoms with E-state index in [-0.39, 0.29) is 18.4 Å². The highest BCUT2D eigenvalue weighted by Gasteiger charge is 2.22. The lowest BCUT2D eigenvalue weighted by atomic mass is 9.98. The van der Waals surface area contributed by atoms with Gasteiger partial charge in [0.05, 0.1) is 0 Å². The molecular formula is C15H22N2O2. The van der Waals surface area contributed by atoms with E-state index in [9.17, 15) is 4.79 Å². The monoisotopic (exact) mass is 262 g/mol. The summed E-state index contributed by atoms with van der Waals surface area (Å²) >= 11 is 0. The van der Waals surface area contributed by atoms with Gasteiger partial charge in [0.25, 0.3) is 0 Å². The third-order valence-corrected chi connectivity index (χ3v) is 3.68. The number of rotatable bonds is 5. The molecule has 104 valence electrons. The van der Waals surface area contributed by atoms with Gasteiger partial charge in [-0.2, -0.15) is 0 Å². The summed E-state index contributed by atoms with van der Waals surface area (Å²) in [6.07, 6.45) is 6.10. The minimum absolute atomic E-state index is 0.192. The molecule has 1 unspecified atom stereocenters. The number of amides is 1. The molecule has 4 heteroatoms. The van der Waals surface area contributed by atoms with Crippen LogP contribution >= 0.6 is 0 Å². The predicted octanol–water partition coefficient (Wildman–Crippen LogP) is 1.64. The van der Waals surface area contributed by atoms with E-state index in [2.05, 4.69) is 4.98 Å². The Kier molecular flexibility index (Phi) is 5.33. The Bertz CT molecular complexity index is 394. The molecule has 0 spiro atoms. The Hall–Kier alpha value is -1.42. The Balaban J connectivity index is 1.72. The van der Waals surface area contributed by atoms with E-state index in [1.165, 1.54) is 0 Å². The zero-order chi connectivity index (χ0) is 13.5. The van der Waals surface area contributed by atoms with Crippen molar-refractivity contribution in [3.8, 4) is 0 Å². The lowest BCUT2D eigenvalue weighted by Gasteiger charge is -2.31. The second kappa shape index (κ2) is 7.24. The molecular weight excluding hydrogens is 240 g/mol. The summed E-state index contributed by atoms with van der Waals surface area (Å²) < 4.78 is 0. The van der Waals surface area contributed by atoms with E-state index >= 15 is 0 Å². The van der Waals surface area contributed by atoms with Crippen molar-refractivity contribution in [2.24, 2.45) is 5.92 Å². The number of aliphatic hydroxyl groups excluding tert-OH is 1. The molecule has 2 rings (SSSR count). The fourth-order valence-electron chi connectivity index (χ4n) is 2.57. The van der Waals surface area contributed by atoms with Gasteiger partial charge in [-0.15, -0.1) is 0 Å². The Morgan fingerprint density at radius 3 is 3.11 bits per heavy atom. The molecule has 2 heterocycles. The van der Waals surface area contributed by atoms with Crippen LogP contribution in [0.3, 0.4) is 0 Å². The summed E-state index contributed by atoms with van der Waals surface area (Å²) in [5, 5.41) is 9.17. The summed E-state index contributed by atoms with van der Waals surface area (Å²) in [4.78, 5) is 18.2. The van der Waals surface area contributed by atoms with Crippen LogP contribution in [0.4, 0.5) is 0 Å². The Morgan fingerprint density at radius 2 is 2.37 bits per heavy atom. The molecule has 1 amide bonds. The number of aryl methyl sites for hydroxylation is 1. The van der Waals surface area contributed by atoms with Gasteiger partial charge >= 0.3 is 0 Å². The SMILES string of the molecule is O=C(CCCc1ccccn1)N1CCCC(CO)C1. The number of nitrogens with zero attached hydrogens (tertiary/aromatic N) is 2. The Labute approximate surface area is 114 Å². The third-order valence-electron chi connectivity index (χ3n) is 3.68. The topological polar surface area (TPSA) is 53.4 Å². The van der Waals surface area contributed by atoms with Gasteiger partial charge in [0.15, 0.2) is 0 Å². The largest absolute Gasteiger partial charge is 0.396 e. The first-order valence-corrected chi connectivity index (χ1v) is 7.08. The van der Waals surface area contributed by atoms with Crippen LogP contribution in [0.2, 0.25) is 0 Å². The predicted molar refractivity (Wildman–Crippen MR) is 73.6 cm³/mol. The van der Waals surface area contributed by atoms with E-state index in [4.69, 9.17) is 5.11 Å². The maximum absolute atomic E-state index is 12.1. The van der Waals surface area contributed by atoms with Gasteiger partial charge in [0.2, 0.25) is 5.91 Å². The van der Waals surface area contributed by atoms with Crippen molar-refractivity contribution in [2.75, 3.05) is 19.7 Å². The number of aliphatic hydroxyl groups is 1. The van der Waals surface area contributed by atoms with E-state index in [1.807, 2.05) is 23.1 Å². The van der Waals surface area contributed by atoms with Gasteiger partial charge in [0.1, 0.15) is 0 Å². The number of hydrogen-bond acceptors (Lipinski definition) is 3. The molecule has 1 aliphatic rings. The minimum Gasteiger partial charge on any atom is -0.396 e. The molecule has 19 heavy (non-hydrogen) atoms. The first-order chi connectivity index (χ1) is 9.29. The normalized spacial score (nSPS) is 19.4. The molecule has 1 aliphatic heterocycles. The molecule has 0 aliphatic carbocycles. The van der Waals surface area contributed by atoms with Crippen LogP contribution in [0.15, 0.2) is 24.4 Å². The lowest BCUT2D eigenvalue weighted by Crippen LogP contribution is -2.40. The Morgan fingerprint density at radius 1 is 1.47 bits per heavy atom. The molecule has 0 radical (unpaired) electrons. The highest BCUT2D eigenvalue weighted by Crippen LogP contribution is 2.17. The summed E-state index contributed by atoms with van der Waals surface area (Å²) in [6, 6.07) is 5.87. The highest BCUT2D eigenvalue weighted by atomic mass is 16.3. The van der Waals surface area contributed by atoms with Crippen molar-refractivity contribution in [1.29, 1.82) is 0 Å². The van der Waals surface area contributed by atoms with Gasteiger partial charge in [0, 0.05) is 38.0 Å². The van der Waals surface area contributed by atoms with Crippen molar-refractivity contribution in [3.05, 3.63) is 30.1 Å². The zero-order valence-electron chi connectivity index (χ0n) is 11.3. The number of hydrogen-bond donors (Lipinski definition) is 1. The first kappa shape index (κ1) is 14.0. The van der Waals surface area contributed by atoms with E-state index in [0.29, 0.717) is 6.42 Å². The van der Waals surface area contributed by atoms with E-state index < -0.39 is 0 Å². The number of pyridine rings is 1. The second-order valence-corrected chi connectivity index (χ2v) is 5.21. The molecule has 1 aromatic rings. The fourth-order valence-corrected chi connectivity index (χ4v) is 2.57. The highest BCUT2D eigenvalue weighted by molar-refractivity contribution is 5.76. The van der Waals surface area contributed by atoms with Crippen LogP contribution in [-0.4, -0.2) is 40.6 Å². The van der Waals surface area contributed by atoms with Crippen molar-refractivity contribution < 1.29 is 9.90 Å². The molecule has 0 bridgehead atoms. The smallest absolute Gasteiger partial charge is 0.222 e. The summed E-state index contributed by atoms with van der Waals surface area (Å²) in [7, 11) is 0. The van der Waals surface area contributed by atoms with Crippen LogP contribution in [-0.2, 0) is 11.2 Å². The van der Waals surface area contributed by atoms with Crippen LogP contribution < -0.4 is 0 Å². The van der Waals surface area contributed by atoms with Crippen LogP contribution in [0.25, 0.3) is 0 Å². The van der Waals surface area contributed by atoms with Crippen molar-refractivity contribution in [3.63, 3.8) is 0 Å². The molecule has 1 aromatic heterocycles. The molecule has 0 aromatic carbocycles. The standard InChI is InChI=1S/C15H22N2O2/c18-12-13-5-4-10-17(11-13)15(19)8-3-7-14-6-1-2-9-16-14/h1-2,6,9,13,18H,3-5,7-8,10-12H2. The lowest BCUT2D eigenvalue weighted by molar-refractivity contribution is -0.133. The number of carbonyl (C=O) groups excluding carboxylic acids is 1. The second-order valence-electron chi connectivity index (χ2n) is 5.21. The summed E-state index contributed by atoms with van der Waals surface area (Å²) in [6.45, 7) is 1.76. The van der Waals surface area contributed by atoms with Gasteiger partial charge in [-0.05, 0) is 43.7 Å². The molecule has 1 atom stereocenters. The van der Waals surface area contributed by atoms with Gasteiger partial charge < -0.3 is 10.0 Å². The number of aromatic nitrogens is 1. The third kappa shape index (κ3) is 4.31. The van der Waals surface area contributed by atoms with Crippen molar-refractivity contribution in [2.45, 2.75) is 32.1 Å². The molecule has 0 saturated carbocycles.